The monoisotopic (exact) mass is 276 g/mol. The van der Waals surface area contributed by atoms with Crippen LogP contribution in [-0.4, -0.2) is 14.7 Å². The van der Waals surface area contributed by atoms with E-state index in [0.717, 1.165) is 11.4 Å². The fourth-order valence-electron chi connectivity index (χ4n) is 1.57. The Hall–Kier alpha value is -2.01. The zero-order valence-corrected chi connectivity index (χ0v) is 11.7. The first-order valence-corrected chi connectivity index (χ1v) is 7.73. The average molecular weight is 276 g/mol. The van der Waals surface area contributed by atoms with Crippen molar-refractivity contribution >= 4 is 21.2 Å². The highest BCUT2D eigenvalue weighted by Gasteiger charge is 2.05. The maximum atomic E-state index is 11.3. The summed E-state index contributed by atoms with van der Waals surface area (Å²) >= 11 is 0. The second-order valence-corrected chi connectivity index (χ2v) is 6.43. The first kappa shape index (κ1) is 13.4. The van der Waals surface area contributed by atoms with E-state index in [0.29, 0.717) is 4.90 Å². The highest BCUT2D eigenvalue weighted by atomic mass is 32.2. The SMILES string of the molecule is Cc1ccc(NNc2ccc(S(C)(=O)=O)cc2)cc1. The summed E-state index contributed by atoms with van der Waals surface area (Å²) < 4.78 is 22.6. The molecule has 100 valence electrons. The molecule has 0 aliphatic carbocycles. The molecule has 0 aliphatic rings. The third-order valence-corrected chi connectivity index (χ3v) is 3.81. The molecular weight excluding hydrogens is 260 g/mol. The Morgan fingerprint density at radius 2 is 1.21 bits per heavy atom. The number of anilines is 2. The fourth-order valence-corrected chi connectivity index (χ4v) is 2.20. The maximum Gasteiger partial charge on any atom is 0.175 e. The van der Waals surface area contributed by atoms with Gasteiger partial charge in [-0.15, -0.1) is 0 Å². The first-order valence-electron chi connectivity index (χ1n) is 5.84. The molecule has 0 heterocycles. The van der Waals surface area contributed by atoms with Crippen LogP contribution in [0.3, 0.4) is 0 Å². The fraction of sp³-hybridized carbons (Fsp3) is 0.143. The molecule has 5 heteroatoms. The zero-order chi connectivity index (χ0) is 13.9. The summed E-state index contributed by atoms with van der Waals surface area (Å²) in [5.41, 5.74) is 9.00. The number of benzene rings is 2. The highest BCUT2D eigenvalue weighted by molar-refractivity contribution is 7.90. The van der Waals surface area contributed by atoms with Crippen molar-refractivity contribution in [3.63, 3.8) is 0 Å². The molecule has 0 atom stereocenters. The van der Waals surface area contributed by atoms with Crippen molar-refractivity contribution < 1.29 is 8.42 Å². The van der Waals surface area contributed by atoms with E-state index in [1.807, 2.05) is 31.2 Å². The quantitative estimate of drug-likeness (QED) is 0.843. The zero-order valence-electron chi connectivity index (χ0n) is 10.8. The van der Waals surface area contributed by atoms with Gasteiger partial charge in [-0.2, -0.15) is 0 Å². The minimum absolute atomic E-state index is 0.313. The maximum absolute atomic E-state index is 11.3. The van der Waals surface area contributed by atoms with E-state index in [1.54, 1.807) is 24.3 Å². The van der Waals surface area contributed by atoms with E-state index in [-0.39, 0.29) is 0 Å². The van der Waals surface area contributed by atoms with Gasteiger partial charge < -0.3 is 10.9 Å². The van der Waals surface area contributed by atoms with E-state index < -0.39 is 9.84 Å². The van der Waals surface area contributed by atoms with Crippen molar-refractivity contribution in [1.29, 1.82) is 0 Å². The number of hydrogen-bond donors (Lipinski definition) is 2. The minimum Gasteiger partial charge on any atom is -0.301 e. The van der Waals surface area contributed by atoms with E-state index >= 15 is 0 Å². The van der Waals surface area contributed by atoms with Crippen molar-refractivity contribution in [2.75, 3.05) is 17.1 Å². The molecule has 2 rings (SSSR count). The van der Waals surface area contributed by atoms with Gasteiger partial charge in [-0.1, -0.05) is 17.7 Å². The standard InChI is InChI=1S/C14H16N2O2S/c1-11-3-5-12(6-4-11)15-16-13-7-9-14(10-8-13)19(2,17)18/h3-10,15-16H,1-2H3. The molecule has 4 nitrogen and oxygen atoms in total. The molecule has 0 saturated carbocycles. The van der Waals surface area contributed by atoms with E-state index in [9.17, 15) is 8.42 Å². The van der Waals surface area contributed by atoms with Gasteiger partial charge in [0.2, 0.25) is 0 Å². The number of hydrogen-bond acceptors (Lipinski definition) is 4. The molecule has 2 N–H and O–H groups in total. The molecule has 0 amide bonds. The lowest BCUT2D eigenvalue weighted by Gasteiger charge is -2.10. The highest BCUT2D eigenvalue weighted by Crippen LogP contribution is 2.15. The van der Waals surface area contributed by atoms with Gasteiger partial charge in [0.15, 0.2) is 9.84 Å². The summed E-state index contributed by atoms with van der Waals surface area (Å²) in [5.74, 6) is 0. The van der Waals surface area contributed by atoms with Gasteiger partial charge >= 0.3 is 0 Å². The lowest BCUT2D eigenvalue weighted by Crippen LogP contribution is -2.08. The largest absolute Gasteiger partial charge is 0.301 e. The van der Waals surface area contributed by atoms with Crippen LogP contribution in [0.5, 0.6) is 0 Å². The van der Waals surface area contributed by atoms with Crippen LogP contribution in [0.15, 0.2) is 53.4 Å². The van der Waals surface area contributed by atoms with Crippen LogP contribution in [0.25, 0.3) is 0 Å². The predicted octanol–water partition coefficient (Wildman–Crippen LogP) is 2.84. The Bertz CT molecular complexity index is 647. The Morgan fingerprint density at radius 3 is 1.63 bits per heavy atom. The normalized spacial score (nSPS) is 11.1. The molecule has 0 unspecified atom stereocenters. The summed E-state index contributed by atoms with van der Waals surface area (Å²) in [4.78, 5) is 0.313. The van der Waals surface area contributed by atoms with Gasteiger partial charge in [-0.3, -0.25) is 0 Å². The van der Waals surface area contributed by atoms with Crippen LogP contribution in [0.4, 0.5) is 11.4 Å². The second-order valence-electron chi connectivity index (χ2n) is 4.41. The molecule has 0 fully saturated rings. The van der Waals surface area contributed by atoms with Crippen molar-refractivity contribution in [1.82, 2.24) is 0 Å². The van der Waals surface area contributed by atoms with E-state index in [2.05, 4.69) is 10.9 Å². The smallest absolute Gasteiger partial charge is 0.175 e. The number of sulfone groups is 1. The Labute approximate surface area is 113 Å². The van der Waals surface area contributed by atoms with Crippen LogP contribution in [0.2, 0.25) is 0 Å². The number of aryl methyl sites for hydroxylation is 1. The summed E-state index contributed by atoms with van der Waals surface area (Å²) in [7, 11) is -3.14. The van der Waals surface area contributed by atoms with Crippen LogP contribution < -0.4 is 10.9 Å². The number of rotatable bonds is 4. The molecular formula is C14H16N2O2S. The van der Waals surface area contributed by atoms with Crippen molar-refractivity contribution in [2.24, 2.45) is 0 Å². The van der Waals surface area contributed by atoms with Crippen LogP contribution in [0, 0.1) is 6.92 Å². The van der Waals surface area contributed by atoms with Crippen molar-refractivity contribution in [3.05, 3.63) is 54.1 Å². The van der Waals surface area contributed by atoms with Crippen LogP contribution in [-0.2, 0) is 9.84 Å². The average Bonchev–Trinajstić information content (AvgIpc) is 2.37. The molecule has 0 aliphatic heterocycles. The van der Waals surface area contributed by atoms with Gasteiger partial charge in [-0.05, 0) is 43.3 Å². The second kappa shape index (κ2) is 5.32. The van der Waals surface area contributed by atoms with Gasteiger partial charge in [0.25, 0.3) is 0 Å². The summed E-state index contributed by atoms with van der Waals surface area (Å²) in [6.45, 7) is 2.03. The van der Waals surface area contributed by atoms with Crippen LogP contribution in [0.1, 0.15) is 5.56 Å². The molecule has 19 heavy (non-hydrogen) atoms. The van der Waals surface area contributed by atoms with E-state index in [4.69, 9.17) is 0 Å². The summed E-state index contributed by atoms with van der Waals surface area (Å²) in [6, 6.07) is 14.5. The summed E-state index contributed by atoms with van der Waals surface area (Å²) in [6.07, 6.45) is 1.19. The summed E-state index contributed by atoms with van der Waals surface area (Å²) in [5, 5.41) is 0. The van der Waals surface area contributed by atoms with E-state index in [1.165, 1.54) is 11.8 Å². The molecule has 0 saturated heterocycles. The van der Waals surface area contributed by atoms with Gasteiger partial charge in [0.1, 0.15) is 0 Å². The number of hydrazine groups is 1. The molecule has 0 bridgehead atoms. The Kier molecular flexibility index (Phi) is 3.76. The minimum atomic E-state index is -3.14. The third-order valence-electron chi connectivity index (χ3n) is 2.69. The van der Waals surface area contributed by atoms with Crippen LogP contribution >= 0.6 is 0 Å². The lowest BCUT2D eigenvalue weighted by molar-refractivity contribution is 0.602. The van der Waals surface area contributed by atoms with Gasteiger partial charge in [0.05, 0.1) is 16.3 Å². The van der Waals surface area contributed by atoms with Gasteiger partial charge in [0, 0.05) is 6.26 Å². The Morgan fingerprint density at radius 1 is 0.789 bits per heavy atom. The Balaban J connectivity index is 2.02. The molecule has 0 radical (unpaired) electrons. The first-order chi connectivity index (χ1) is 8.95. The topological polar surface area (TPSA) is 58.2 Å². The molecule has 0 aromatic heterocycles. The molecule has 0 spiro atoms. The lowest BCUT2D eigenvalue weighted by atomic mass is 10.2. The molecule has 2 aromatic carbocycles. The third kappa shape index (κ3) is 3.72. The molecule has 2 aromatic rings. The number of nitrogens with one attached hydrogen (secondary N) is 2. The predicted molar refractivity (Wildman–Crippen MR) is 78.0 cm³/mol. The van der Waals surface area contributed by atoms with Crippen molar-refractivity contribution in [3.8, 4) is 0 Å². The van der Waals surface area contributed by atoms with Gasteiger partial charge in [-0.25, -0.2) is 8.42 Å². The van der Waals surface area contributed by atoms with Crippen molar-refractivity contribution in [2.45, 2.75) is 11.8 Å².